The van der Waals surface area contributed by atoms with Crippen molar-refractivity contribution in [1.29, 1.82) is 0 Å². The summed E-state index contributed by atoms with van der Waals surface area (Å²) in [7, 11) is 6.13. The predicted octanol–water partition coefficient (Wildman–Crippen LogP) is 3.99. The highest BCUT2D eigenvalue weighted by Crippen LogP contribution is 2.49. The molecule has 0 bridgehead atoms. The molecule has 0 saturated carbocycles. The Morgan fingerprint density at radius 3 is 2.31 bits per heavy atom. The van der Waals surface area contributed by atoms with Crippen LogP contribution >= 0.6 is 0 Å². The molecule has 0 saturated heterocycles. The summed E-state index contributed by atoms with van der Waals surface area (Å²) in [5.74, 6) is 1.20. The second kappa shape index (κ2) is 7.35. The smallest absolute Gasteiger partial charge is 0.322 e. The first kappa shape index (κ1) is 19.2. The molecular formula is C23H25NO5. The van der Waals surface area contributed by atoms with Crippen molar-refractivity contribution >= 4 is 16.9 Å². The summed E-state index contributed by atoms with van der Waals surface area (Å²) in [5, 5.41) is 1.14. The molecule has 1 atom stereocenters. The number of hydrogen-bond donors (Lipinski definition) is 1. The van der Waals surface area contributed by atoms with Crippen molar-refractivity contribution in [3.05, 3.63) is 53.2 Å². The normalized spacial score (nSPS) is 18.2. The molecule has 1 aliphatic carbocycles. The number of nitrogens with one attached hydrogen (secondary N) is 1. The lowest BCUT2D eigenvalue weighted by atomic mass is 9.68. The Morgan fingerprint density at radius 2 is 1.69 bits per heavy atom. The van der Waals surface area contributed by atoms with Crippen molar-refractivity contribution < 1.29 is 23.7 Å². The third kappa shape index (κ3) is 2.74. The van der Waals surface area contributed by atoms with Crippen molar-refractivity contribution in [2.24, 2.45) is 0 Å². The fraction of sp³-hybridized carbons (Fsp3) is 0.348. The van der Waals surface area contributed by atoms with Crippen LogP contribution in [0, 0.1) is 0 Å². The Hall–Kier alpha value is -3.15. The molecule has 0 fully saturated rings. The summed E-state index contributed by atoms with van der Waals surface area (Å²) in [6, 6.07) is 11.8. The van der Waals surface area contributed by atoms with Gasteiger partial charge in [0.1, 0.15) is 5.41 Å². The molecule has 1 heterocycles. The molecule has 1 N–H and O–H groups in total. The third-order valence-corrected chi connectivity index (χ3v) is 5.91. The number of fused-ring (bicyclic) bond motifs is 3. The molecule has 0 unspecified atom stereocenters. The van der Waals surface area contributed by atoms with E-state index in [-0.39, 0.29) is 5.97 Å². The van der Waals surface area contributed by atoms with Gasteiger partial charge in [-0.05, 0) is 48.6 Å². The Balaban J connectivity index is 2.05. The van der Waals surface area contributed by atoms with Crippen LogP contribution in [0.5, 0.6) is 17.2 Å². The van der Waals surface area contributed by atoms with Gasteiger partial charge >= 0.3 is 5.97 Å². The van der Waals surface area contributed by atoms with Crippen molar-refractivity contribution in [1.82, 2.24) is 4.98 Å². The van der Waals surface area contributed by atoms with Crippen LogP contribution in [0.15, 0.2) is 36.4 Å². The Bertz CT molecular complexity index is 1050. The fourth-order valence-electron chi connectivity index (χ4n) is 4.59. The minimum atomic E-state index is -0.978. The van der Waals surface area contributed by atoms with Crippen molar-refractivity contribution in [3.63, 3.8) is 0 Å². The monoisotopic (exact) mass is 395 g/mol. The van der Waals surface area contributed by atoms with Gasteiger partial charge in [0, 0.05) is 16.6 Å². The standard InChI is InChI=1S/C23H25NO5/c1-26-18-12-14(13-19(27-2)20(18)28-3)23(22(25)29-4)11-7-9-16-15-8-5-6-10-17(15)24-21(16)23/h5-6,8,10,12-13,24H,7,9,11H2,1-4H3/t23-/m0/s1. The van der Waals surface area contributed by atoms with E-state index in [1.165, 1.54) is 7.11 Å². The quantitative estimate of drug-likeness (QED) is 0.662. The van der Waals surface area contributed by atoms with E-state index in [1.807, 2.05) is 30.3 Å². The van der Waals surface area contributed by atoms with Gasteiger partial charge in [0.05, 0.1) is 28.4 Å². The fourth-order valence-corrected chi connectivity index (χ4v) is 4.59. The number of aromatic amines is 1. The van der Waals surface area contributed by atoms with Crippen LogP contribution in [0.2, 0.25) is 0 Å². The van der Waals surface area contributed by atoms with Gasteiger partial charge in [0.2, 0.25) is 5.75 Å². The van der Waals surface area contributed by atoms with Gasteiger partial charge in [-0.3, -0.25) is 4.79 Å². The van der Waals surface area contributed by atoms with Gasteiger partial charge in [0.25, 0.3) is 0 Å². The number of ether oxygens (including phenoxy) is 4. The van der Waals surface area contributed by atoms with E-state index in [9.17, 15) is 4.79 Å². The predicted molar refractivity (Wildman–Crippen MR) is 110 cm³/mol. The van der Waals surface area contributed by atoms with Gasteiger partial charge in [-0.1, -0.05) is 18.2 Å². The van der Waals surface area contributed by atoms with E-state index < -0.39 is 5.41 Å². The first-order chi connectivity index (χ1) is 14.1. The van der Waals surface area contributed by atoms with Crippen molar-refractivity contribution in [2.45, 2.75) is 24.7 Å². The van der Waals surface area contributed by atoms with Gasteiger partial charge < -0.3 is 23.9 Å². The molecule has 29 heavy (non-hydrogen) atoms. The number of carbonyl (C=O) groups excluding carboxylic acids is 1. The average molecular weight is 395 g/mol. The molecule has 2 aromatic carbocycles. The second-order valence-corrected chi connectivity index (χ2v) is 7.19. The van der Waals surface area contributed by atoms with E-state index >= 15 is 0 Å². The highest BCUT2D eigenvalue weighted by atomic mass is 16.5. The highest BCUT2D eigenvalue weighted by molar-refractivity contribution is 5.93. The number of aryl methyl sites for hydroxylation is 1. The van der Waals surface area contributed by atoms with Gasteiger partial charge in [-0.2, -0.15) is 0 Å². The zero-order chi connectivity index (χ0) is 20.6. The molecular weight excluding hydrogens is 370 g/mol. The lowest BCUT2D eigenvalue weighted by Gasteiger charge is -2.35. The number of para-hydroxylation sites is 1. The lowest BCUT2D eigenvalue weighted by molar-refractivity contribution is -0.146. The maximum absolute atomic E-state index is 13.3. The summed E-state index contributed by atoms with van der Waals surface area (Å²) in [4.78, 5) is 16.8. The van der Waals surface area contributed by atoms with Crippen LogP contribution in [0.1, 0.15) is 29.7 Å². The Kier molecular flexibility index (Phi) is 4.86. The first-order valence-electron chi connectivity index (χ1n) is 9.59. The number of aromatic nitrogens is 1. The average Bonchev–Trinajstić information content (AvgIpc) is 3.16. The van der Waals surface area contributed by atoms with Crippen LogP contribution in [0.25, 0.3) is 10.9 Å². The van der Waals surface area contributed by atoms with Crippen LogP contribution < -0.4 is 14.2 Å². The summed E-state index contributed by atoms with van der Waals surface area (Å²) < 4.78 is 21.9. The zero-order valence-electron chi connectivity index (χ0n) is 17.1. The van der Waals surface area contributed by atoms with Crippen LogP contribution in [0.4, 0.5) is 0 Å². The molecule has 152 valence electrons. The van der Waals surface area contributed by atoms with E-state index in [4.69, 9.17) is 18.9 Å². The number of esters is 1. The molecule has 0 spiro atoms. The number of carbonyl (C=O) groups is 1. The molecule has 1 aromatic heterocycles. The zero-order valence-corrected chi connectivity index (χ0v) is 17.1. The Labute approximate surface area is 169 Å². The molecule has 6 nitrogen and oxygen atoms in total. The number of rotatable bonds is 5. The van der Waals surface area contributed by atoms with Gasteiger partial charge in [0.15, 0.2) is 11.5 Å². The topological polar surface area (TPSA) is 69.8 Å². The second-order valence-electron chi connectivity index (χ2n) is 7.19. The highest BCUT2D eigenvalue weighted by Gasteiger charge is 2.48. The summed E-state index contributed by atoms with van der Waals surface area (Å²) in [6.45, 7) is 0. The summed E-state index contributed by atoms with van der Waals surface area (Å²) in [5.41, 5.74) is 2.83. The Morgan fingerprint density at radius 1 is 1.00 bits per heavy atom. The maximum atomic E-state index is 13.3. The SMILES string of the molecule is COC(=O)[C@]1(c2cc(OC)c(OC)c(OC)c2)CCCc2c1[nH]c1ccccc21. The molecule has 4 rings (SSSR count). The van der Waals surface area contributed by atoms with Crippen LogP contribution in [0.3, 0.4) is 0 Å². The van der Waals surface area contributed by atoms with Gasteiger partial charge in [-0.15, -0.1) is 0 Å². The molecule has 0 amide bonds. The summed E-state index contributed by atoms with van der Waals surface area (Å²) in [6.07, 6.45) is 2.39. The molecule has 0 aliphatic heterocycles. The number of H-pyrrole nitrogens is 1. The molecule has 6 heteroatoms. The van der Waals surface area contributed by atoms with E-state index in [2.05, 4.69) is 11.1 Å². The van der Waals surface area contributed by atoms with Gasteiger partial charge in [-0.25, -0.2) is 0 Å². The number of methoxy groups -OCH3 is 4. The first-order valence-corrected chi connectivity index (χ1v) is 9.59. The van der Waals surface area contributed by atoms with Crippen molar-refractivity contribution in [2.75, 3.05) is 28.4 Å². The van der Waals surface area contributed by atoms with E-state index in [1.54, 1.807) is 21.3 Å². The van der Waals surface area contributed by atoms with E-state index in [0.717, 1.165) is 40.6 Å². The maximum Gasteiger partial charge on any atom is 0.322 e. The van der Waals surface area contributed by atoms with Crippen LogP contribution in [-0.2, 0) is 21.4 Å². The molecule has 0 radical (unpaired) electrons. The minimum absolute atomic E-state index is 0.306. The van der Waals surface area contributed by atoms with Crippen molar-refractivity contribution in [3.8, 4) is 17.2 Å². The number of hydrogen-bond acceptors (Lipinski definition) is 5. The lowest BCUT2D eigenvalue weighted by Crippen LogP contribution is -2.41. The van der Waals surface area contributed by atoms with E-state index in [0.29, 0.717) is 23.7 Å². The largest absolute Gasteiger partial charge is 0.493 e. The summed E-state index contributed by atoms with van der Waals surface area (Å²) >= 11 is 0. The molecule has 1 aliphatic rings. The van der Waals surface area contributed by atoms with Crippen LogP contribution in [-0.4, -0.2) is 39.4 Å². The molecule has 3 aromatic rings. The minimum Gasteiger partial charge on any atom is -0.493 e. The number of benzene rings is 2. The third-order valence-electron chi connectivity index (χ3n) is 5.91.